The largest absolute Gasteiger partial charge is 0.361 e. The van der Waals surface area contributed by atoms with E-state index in [0.29, 0.717) is 17.3 Å². The van der Waals surface area contributed by atoms with Gasteiger partial charge in [-0.05, 0) is 37.3 Å². The van der Waals surface area contributed by atoms with Crippen LogP contribution in [0.1, 0.15) is 17.3 Å². The van der Waals surface area contributed by atoms with E-state index in [1.807, 2.05) is 42.6 Å². The summed E-state index contributed by atoms with van der Waals surface area (Å²) in [5.74, 6) is 0.815. The summed E-state index contributed by atoms with van der Waals surface area (Å²) in [6.07, 6.45) is 3.56. The Hall–Kier alpha value is -2.86. The van der Waals surface area contributed by atoms with Crippen LogP contribution < -0.4 is 15.5 Å². The lowest BCUT2D eigenvalue weighted by molar-refractivity contribution is 0.102. The van der Waals surface area contributed by atoms with Crippen molar-refractivity contribution < 1.29 is 4.79 Å². The Balaban J connectivity index is 1.51. The van der Waals surface area contributed by atoms with Gasteiger partial charge in [0, 0.05) is 48.3 Å². The van der Waals surface area contributed by atoms with Crippen molar-refractivity contribution in [2.24, 2.45) is 0 Å². The smallest absolute Gasteiger partial charge is 0.256 e. The van der Waals surface area contributed by atoms with E-state index in [-0.39, 0.29) is 5.91 Å². The highest BCUT2D eigenvalue weighted by molar-refractivity contribution is 6.12. The summed E-state index contributed by atoms with van der Waals surface area (Å²) in [4.78, 5) is 22.5. The van der Waals surface area contributed by atoms with Gasteiger partial charge in [-0.3, -0.25) is 4.79 Å². The molecule has 4 rings (SSSR count). The number of nitrogens with one attached hydrogen (secondary N) is 3. The first-order valence-corrected chi connectivity index (χ1v) is 8.53. The Morgan fingerprint density at radius 2 is 2.20 bits per heavy atom. The number of aromatic nitrogens is 2. The Morgan fingerprint density at radius 3 is 3.00 bits per heavy atom. The van der Waals surface area contributed by atoms with Crippen LogP contribution in [0.25, 0.3) is 10.9 Å². The van der Waals surface area contributed by atoms with Crippen molar-refractivity contribution in [3.05, 3.63) is 54.4 Å². The predicted octanol–water partition coefficient (Wildman–Crippen LogP) is 2.61. The molecule has 25 heavy (non-hydrogen) atoms. The van der Waals surface area contributed by atoms with Gasteiger partial charge in [0.25, 0.3) is 5.91 Å². The molecule has 6 nitrogen and oxygen atoms in total. The van der Waals surface area contributed by atoms with Gasteiger partial charge in [-0.15, -0.1) is 0 Å². The zero-order valence-corrected chi connectivity index (χ0v) is 14.1. The minimum atomic E-state index is -0.129. The monoisotopic (exact) mass is 335 g/mol. The van der Waals surface area contributed by atoms with Crippen LogP contribution in [-0.4, -0.2) is 41.6 Å². The molecule has 0 bridgehead atoms. The average Bonchev–Trinajstić information content (AvgIpc) is 3.11. The van der Waals surface area contributed by atoms with Gasteiger partial charge >= 0.3 is 0 Å². The van der Waals surface area contributed by atoms with Crippen LogP contribution in [0.3, 0.4) is 0 Å². The fourth-order valence-corrected chi connectivity index (χ4v) is 3.29. The Morgan fingerprint density at radius 1 is 1.28 bits per heavy atom. The number of anilines is 2. The summed E-state index contributed by atoms with van der Waals surface area (Å²) in [6, 6.07) is 11.9. The SMILES string of the molecule is C[C@H]1CNCCN1c1ccc(NC(=O)c2cccc3[nH]ccc23)cn1. The van der Waals surface area contributed by atoms with Gasteiger partial charge < -0.3 is 20.5 Å². The van der Waals surface area contributed by atoms with Crippen LogP contribution in [-0.2, 0) is 0 Å². The summed E-state index contributed by atoms with van der Waals surface area (Å²) >= 11 is 0. The number of hydrogen-bond acceptors (Lipinski definition) is 4. The quantitative estimate of drug-likeness (QED) is 0.688. The number of carbonyl (C=O) groups excluding carboxylic acids is 1. The molecular formula is C19H21N5O. The van der Waals surface area contributed by atoms with Crippen molar-refractivity contribution in [1.82, 2.24) is 15.3 Å². The number of nitrogens with zero attached hydrogens (tertiary/aromatic N) is 2. The van der Waals surface area contributed by atoms with E-state index in [1.54, 1.807) is 6.20 Å². The van der Waals surface area contributed by atoms with E-state index < -0.39 is 0 Å². The third-order valence-corrected chi connectivity index (χ3v) is 4.64. The van der Waals surface area contributed by atoms with E-state index in [9.17, 15) is 4.79 Å². The number of piperazine rings is 1. The average molecular weight is 335 g/mol. The molecule has 1 aromatic carbocycles. The van der Waals surface area contributed by atoms with Gasteiger partial charge in [0.2, 0.25) is 0 Å². The second-order valence-corrected chi connectivity index (χ2v) is 6.35. The highest BCUT2D eigenvalue weighted by atomic mass is 16.1. The van der Waals surface area contributed by atoms with Crippen molar-refractivity contribution in [1.29, 1.82) is 0 Å². The van der Waals surface area contributed by atoms with Crippen LogP contribution >= 0.6 is 0 Å². The molecule has 0 spiro atoms. The Bertz CT molecular complexity index is 886. The van der Waals surface area contributed by atoms with Crippen molar-refractivity contribution in [2.75, 3.05) is 29.9 Å². The molecular weight excluding hydrogens is 314 g/mol. The standard InChI is InChI=1S/C19H21N5O/c1-13-11-20-9-10-24(13)18-6-5-14(12-22-18)23-19(25)16-3-2-4-17-15(16)7-8-21-17/h2-8,12-13,20-21H,9-11H2,1H3,(H,23,25)/t13-/m0/s1. The summed E-state index contributed by atoms with van der Waals surface area (Å²) in [6.45, 7) is 5.04. The minimum absolute atomic E-state index is 0.129. The Labute approximate surface area is 146 Å². The van der Waals surface area contributed by atoms with Gasteiger partial charge in [0.1, 0.15) is 5.82 Å². The second kappa shape index (κ2) is 6.57. The normalized spacial score (nSPS) is 17.6. The van der Waals surface area contributed by atoms with Crippen LogP contribution in [0.2, 0.25) is 0 Å². The van der Waals surface area contributed by atoms with Gasteiger partial charge in [-0.2, -0.15) is 0 Å². The van der Waals surface area contributed by atoms with E-state index in [1.165, 1.54) is 0 Å². The zero-order valence-electron chi connectivity index (χ0n) is 14.1. The molecule has 0 unspecified atom stereocenters. The lowest BCUT2D eigenvalue weighted by Gasteiger charge is -2.34. The van der Waals surface area contributed by atoms with Gasteiger partial charge in [0.15, 0.2) is 0 Å². The molecule has 1 fully saturated rings. The number of aromatic amines is 1. The maximum atomic E-state index is 12.6. The molecule has 0 radical (unpaired) electrons. The van der Waals surface area contributed by atoms with Crippen LogP contribution in [0.15, 0.2) is 48.8 Å². The molecule has 3 aromatic rings. The molecule has 0 saturated carbocycles. The fourth-order valence-electron chi connectivity index (χ4n) is 3.29. The van der Waals surface area contributed by atoms with Gasteiger partial charge in [0.05, 0.1) is 11.9 Å². The number of carbonyl (C=O) groups is 1. The molecule has 3 heterocycles. The number of amides is 1. The number of fused-ring (bicyclic) bond motifs is 1. The Kier molecular flexibility index (Phi) is 4.11. The molecule has 2 aromatic heterocycles. The third kappa shape index (κ3) is 3.08. The molecule has 1 saturated heterocycles. The van der Waals surface area contributed by atoms with Gasteiger partial charge in [-0.1, -0.05) is 6.07 Å². The van der Waals surface area contributed by atoms with Crippen LogP contribution in [0.5, 0.6) is 0 Å². The molecule has 128 valence electrons. The molecule has 3 N–H and O–H groups in total. The zero-order chi connectivity index (χ0) is 17.2. The van der Waals surface area contributed by atoms with E-state index in [0.717, 1.165) is 36.4 Å². The van der Waals surface area contributed by atoms with E-state index in [2.05, 4.69) is 32.4 Å². The number of rotatable bonds is 3. The minimum Gasteiger partial charge on any atom is -0.361 e. The first kappa shape index (κ1) is 15.7. The molecule has 0 aliphatic carbocycles. The molecule has 1 amide bonds. The van der Waals surface area contributed by atoms with Crippen molar-refractivity contribution in [3.63, 3.8) is 0 Å². The number of hydrogen-bond donors (Lipinski definition) is 3. The maximum Gasteiger partial charge on any atom is 0.256 e. The lowest BCUT2D eigenvalue weighted by atomic mass is 10.1. The summed E-state index contributed by atoms with van der Waals surface area (Å²) in [5.41, 5.74) is 2.30. The fraction of sp³-hybridized carbons (Fsp3) is 0.263. The van der Waals surface area contributed by atoms with E-state index >= 15 is 0 Å². The van der Waals surface area contributed by atoms with Gasteiger partial charge in [-0.25, -0.2) is 4.98 Å². The van der Waals surface area contributed by atoms with Crippen molar-refractivity contribution >= 4 is 28.3 Å². The maximum absolute atomic E-state index is 12.6. The predicted molar refractivity (Wildman–Crippen MR) is 100 cm³/mol. The highest BCUT2D eigenvalue weighted by Gasteiger charge is 2.19. The summed E-state index contributed by atoms with van der Waals surface area (Å²) in [5, 5.41) is 7.22. The van der Waals surface area contributed by atoms with Crippen LogP contribution in [0, 0.1) is 0 Å². The summed E-state index contributed by atoms with van der Waals surface area (Å²) < 4.78 is 0. The number of H-pyrrole nitrogens is 1. The topological polar surface area (TPSA) is 73.0 Å². The highest BCUT2D eigenvalue weighted by Crippen LogP contribution is 2.21. The number of benzene rings is 1. The van der Waals surface area contributed by atoms with Crippen LogP contribution in [0.4, 0.5) is 11.5 Å². The third-order valence-electron chi connectivity index (χ3n) is 4.64. The second-order valence-electron chi connectivity index (χ2n) is 6.35. The van der Waals surface area contributed by atoms with Crippen molar-refractivity contribution in [3.8, 4) is 0 Å². The first-order chi connectivity index (χ1) is 12.2. The molecule has 6 heteroatoms. The first-order valence-electron chi connectivity index (χ1n) is 8.53. The van der Waals surface area contributed by atoms with E-state index in [4.69, 9.17) is 0 Å². The lowest BCUT2D eigenvalue weighted by Crippen LogP contribution is -2.50. The van der Waals surface area contributed by atoms with Crippen molar-refractivity contribution in [2.45, 2.75) is 13.0 Å². The summed E-state index contributed by atoms with van der Waals surface area (Å²) in [7, 11) is 0. The molecule has 1 atom stereocenters. The molecule has 1 aliphatic rings. The molecule has 1 aliphatic heterocycles. The number of pyridine rings is 1.